The molecule has 0 aliphatic rings. The van der Waals surface area contributed by atoms with Crippen LogP contribution in [0.3, 0.4) is 0 Å². The standard InChI is InChI=1S/C23H24F3N3OS/c1-4-29(17-9-8-10-18(13-17)30-15-16(2)3)22-27-14-20(23(24,25)26)21(28-22)31-19-11-6-5-7-12-19/h5-14,16H,4,15H2,1-3H3. The van der Waals surface area contributed by atoms with Gasteiger partial charge in [0.25, 0.3) is 0 Å². The number of halogens is 3. The van der Waals surface area contributed by atoms with E-state index in [4.69, 9.17) is 4.74 Å². The highest BCUT2D eigenvalue weighted by Gasteiger charge is 2.35. The van der Waals surface area contributed by atoms with E-state index < -0.39 is 11.7 Å². The van der Waals surface area contributed by atoms with Gasteiger partial charge in [-0.05, 0) is 37.1 Å². The fourth-order valence-electron chi connectivity index (χ4n) is 2.80. The van der Waals surface area contributed by atoms with Crippen molar-refractivity contribution in [2.75, 3.05) is 18.1 Å². The van der Waals surface area contributed by atoms with E-state index in [2.05, 4.69) is 23.8 Å². The molecule has 3 rings (SSSR count). The molecule has 1 aromatic heterocycles. The number of rotatable bonds is 8. The van der Waals surface area contributed by atoms with Crippen molar-refractivity contribution in [2.45, 2.75) is 36.9 Å². The molecule has 31 heavy (non-hydrogen) atoms. The highest BCUT2D eigenvalue weighted by molar-refractivity contribution is 7.99. The number of ether oxygens (including phenoxy) is 1. The smallest absolute Gasteiger partial charge is 0.420 e. The summed E-state index contributed by atoms with van der Waals surface area (Å²) in [7, 11) is 0. The summed E-state index contributed by atoms with van der Waals surface area (Å²) in [6.07, 6.45) is -3.69. The molecule has 1 heterocycles. The number of hydrogen-bond acceptors (Lipinski definition) is 5. The van der Waals surface area contributed by atoms with E-state index in [1.165, 1.54) is 0 Å². The van der Waals surface area contributed by atoms with Gasteiger partial charge in [-0.1, -0.05) is 49.9 Å². The molecular formula is C23H24F3N3OS. The lowest BCUT2D eigenvalue weighted by Gasteiger charge is -2.23. The molecule has 0 amide bonds. The molecule has 0 bridgehead atoms. The van der Waals surface area contributed by atoms with Crippen molar-refractivity contribution in [3.05, 3.63) is 66.4 Å². The predicted molar refractivity (Wildman–Crippen MR) is 117 cm³/mol. The zero-order chi connectivity index (χ0) is 22.4. The van der Waals surface area contributed by atoms with Gasteiger partial charge in [0.05, 0.1) is 6.61 Å². The second-order valence-corrected chi connectivity index (χ2v) is 8.31. The van der Waals surface area contributed by atoms with Crippen LogP contribution in [0, 0.1) is 5.92 Å². The van der Waals surface area contributed by atoms with Crippen LogP contribution in [-0.2, 0) is 6.18 Å². The zero-order valence-electron chi connectivity index (χ0n) is 17.6. The van der Waals surface area contributed by atoms with Crippen LogP contribution < -0.4 is 9.64 Å². The van der Waals surface area contributed by atoms with Crippen LogP contribution in [0.1, 0.15) is 26.3 Å². The van der Waals surface area contributed by atoms with E-state index in [1.54, 1.807) is 29.2 Å². The van der Waals surface area contributed by atoms with E-state index in [1.807, 2.05) is 37.3 Å². The van der Waals surface area contributed by atoms with Crippen LogP contribution in [0.25, 0.3) is 0 Å². The molecule has 3 aromatic rings. The summed E-state index contributed by atoms with van der Waals surface area (Å²) in [5.74, 6) is 1.27. The van der Waals surface area contributed by atoms with E-state index in [0.717, 1.165) is 23.6 Å². The Balaban J connectivity index is 1.97. The highest BCUT2D eigenvalue weighted by atomic mass is 32.2. The molecule has 0 N–H and O–H groups in total. The SMILES string of the molecule is CCN(c1cccc(OCC(C)C)c1)c1ncc(C(F)(F)F)c(Sc2ccccc2)n1. The number of hydrogen-bond donors (Lipinski definition) is 0. The first-order chi connectivity index (χ1) is 14.8. The van der Waals surface area contributed by atoms with Gasteiger partial charge in [0.1, 0.15) is 16.3 Å². The van der Waals surface area contributed by atoms with Gasteiger partial charge in [0.15, 0.2) is 0 Å². The number of aromatic nitrogens is 2. The van der Waals surface area contributed by atoms with Gasteiger partial charge >= 0.3 is 6.18 Å². The first-order valence-corrected chi connectivity index (χ1v) is 10.8. The lowest BCUT2D eigenvalue weighted by atomic mass is 10.2. The minimum atomic E-state index is -4.54. The lowest BCUT2D eigenvalue weighted by Crippen LogP contribution is -2.20. The third-order valence-corrected chi connectivity index (χ3v) is 5.29. The molecule has 0 fully saturated rings. The van der Waals surface area contributed by atoms with Gasteiger partial charge in [-0.2, -0.15) is 13.2 Å². The molecule has 4 nitrogen and oxygen atoms in total. The average molecular weight is 448 g/mol. The van der Waals surface area contributed by atoms with E-state index in [9.17, 15) is 13.2 Å². The summed E-state index contributed by atoms with van der Waals surface area (Å²) in [5.41, 5.74) is -0.102. The van der Waals surface area contributed by atoms with Crippen molar-refractivity contribution in [1.29, 1.82) is 0 Å². The van der Waals surface area contributed by atoms with Crippen molar-refractivity contribution in [1.82, 2.24) is 9.97 Å². The van der Waals surface area contributed by atoms with Crippen molar-refractivity contribution >= 4 is 23.4 Å². The lowest BCUT2D eigenvalue weighted by molar-refractivity contribution is -0.140. The maximum atomic E-state index is 13.6. The topological polar surface area (TPSA) is 38.2 Å². The molecule has 0 atom stereocenters. The molecule has 164 valence electrons. The summed E-state index contributed by atoms with van der Waals surface area (Å²) in [6.45, 7) is 7.07. The van der Waals surface area contributed by atoms with Crippen LogP contribution >= 0.6 is 11.8 Å². The maximum absolute atomic E-state index is 13.6. The van der Waals surface area contributed by atoms with Gasteiger partial charge in [0, 0.05) is 29.4 Å². The number of benzene rings is 2. The molecule has 0 saturated carbocycles. The Morgan fingerprint density at radius 2 is 1.81 bits per heavy atom. The van der Waals surface area contributed by atoms with Crippen LogP contribution in [0.5, 0.6) is 5.75 Å². The normalized spacial score (nSPS) is 11.6. The Kier molecular flexibility index (Phi) is 7.43. The Bertz CT molecular complexity index is 997. The van der Waals surface area contributed by atoms with Crippen molar-refractivity contribution in [2.24, 2.45) is 5.92 Å². The molecular weight excluding hydrogens is 423 g/mol. The summed E-state index contributed by atoms with van der Waals surface area (Å²) in [6, 6.07) is 16.3. The Labute approximate surface area is 184 Å². The molecule has 8 heteroatoms. The van der Waals surface area contributed by atoms with Gasteiger partial charge in [-0.3, -0.25) is 0 Å². The Morgan fingerprint density at radius 3 is 2.45 bits per heavy atom. The number of alkyl halides is 3. The Hall–Kier alpha value is -2.74. The Morgan fingerprint density at radius 1 is 1.06 bits per heavy atom. The fraction of sp³-hybridized carbons (Fsp3) is 0.304. The minimum absolute atomic E-state index is 0.130. The van der Waals surface area contributed by atoms with E-state index >= 15 is 0 Å². The quantitative estimate of drug-likeness (QED) is 0.354. The first kappa shape index (κ1) is 22.9. The van der Waals surface area contributed by atoms with Gasteiger partial charge < -0.3 is 9.64 Å². The third-order valence-electron chi connectivity index (χ3n) is 4.27. The van der Waals surface area contributed by atoms with Crippen molar-refractivity contribution in [3.8, 4) is 5.75 Å². The van der Waals surface area contributed by atoms with Crippen LogP contribution in [0.15, 0.2) is 70.7 Å². The summed E-state index contributed by atoms with van der Waals surface area (Å²) < 4.78 is 46.5. The molecule has 0 aliphatic carbocycles. The second kappa shape index (κ2) is 10.0. The summed E-state index contributed by atoms with van der Waals surface area (Å²) in [5, 5.41) is -0.130. The fourth-order valence-corrected chi connectivity index (χ4v) is 3.73. The second-order valence-electron chi connectivity index (χ2n) is 7.25. The van der Waals surface area contributed by atoms with Gasteiger partial charge in [-0.15, -0.1) is 0 Å². The third kappa shape index (κ3) is 6.13. The summed E-state index contributed by atoms with van der Waals surface area (Å²) in [4.78, 5) is 10.8. The largest absolute Gasteiger partial charge is 0.493 e. The van der Waals surface area contributed by atoms with Crippen molar-refractivity contribution < 1.29 is 17.9 Å². The summed E-state index contributed by atoms with van der Waals surface area (Å²) >= 11 is 0.970. The van der Waals surface area contributed by atoms with Crippen molar-refractivity contribution in [3.63, 3.8) is 0 Å². The highest BCUT2D eigenvalue weighted by Crippen LogP contribution is 2.39. The molecule has 0 spiro atoms. The van der Waals surface area contributed by atoms with E-state index in [-0.39, 0.29) is 11.0 Å². The van der Waals surface area contributed by atoms with Crippen LogP contribution in [0.4, 0.5) is 24.8 Å². The van der Waals surface area contributed by atoms with Gasteiger partial charge in [0.2, 0.25) is 5.95 Å². The first-order valence-electron chi connectivity index (χ1n) is 9.95. The number of nitrogens with zero attached hydrogens (tertiary/aromatic N) is 3. The maximum Gasteiger partial charge on any atom is 0.420 e. The zero-order valence-corrected chi connectivity index (χ0v) is 18.4. The minimum Gasteiger partial charge on any atom is -0.493 e. The van der Waals surface area contributed by atoms with Crippen LogP contribution in [-0.4, -0.2) is 23.1 Å². The molecule has 0 saturated heterocycles. The average Bonchev–Trinajstić information content (AvgIpc) is 2.73. The molecule has 0 aliphatic heterocycles. The van der Waals surface area contributed by atoms with E-state index in [0.29, 0.717) is 29.7 Å². The monoisotopic (exact) mass is 447 g/mol. The van der Waals surface area contributed by atoms with Gasteiger partial charge in [-0.25, -0.2) is 9.97 Å². The molecule has 0 radical (unpaired) electrons. The predicted octanol–water partition coefficient (Wildman–Crippen LogP) is 6.84. The number of anilines is 2. The van der Waals surface area contributed by atoms with Crippen LogP contribution in [0.2, 0.25) is 0 Å². The molecule has 2 aromatic carbocycles. The molecule has 0 unspecified atom stereocenters.